The second-order valence-corrected chi connectivity index (χ2v) is 5.38. The minimum absolute atomic E-state index is 0.177. The van der Waals surface area contributed by atoms with Crippen LogP contribution in [-0.4, -0.2) is 10.8 Å². The Hall–Kier alpha value is -2.16. The molecular weight excluding hydrogens is 250 g/mol. The van der Waals surface area contributed by atoms with Gasteiger partial charge in [-0.2, -0.15) is 0 Å². The molecule has 0 bridgehead atoms. The average molecular weight is 267 g/mol. The highest BCUT2D eigenvalue weighted by molar-refractivity contribution is 5.98. The Morgan fingerprint density at radius 1 is 1.25 bits per heavy atom. The predicted octanol–water partition coefficient (Wildman–Crippen LogP) is 3.43. The first-order valence-corrected chi connectivity index (χ1v) is 6.91. The largest absolute Gasteiger partial charge is 0.487 e. The molecule has 102 valence electrons. The summed E-state index contributed by atoms with van der Waals surface area (Å²) < 4.78 is 5.72. The normalized spacial score (nSPS) is 17.6. The number of fused-ring (bicyclic) bond motifs is 1. The molecule has 1 atom stereocenters. The number of carbonyl (C=O) groups is 1. The zero-order valence-electron chi connectivity index (χ0n) is 11.5. The summed E-state index contributed by atoms with van der Waals surface area (Å²) in [6.07, 6.45) is 3.20. The van der Waals surface area contributed by atoms with E-state index in [2.05, 4.69) is 11.9 Å². The Morgan fingerprint density at radius 2 is 2.05 bits per heavy atom. The van der Waals surface area contributed by atoms with Crippen LogP contribution < -0.4 is 4.74 Å². The number of ketones is 1. The lowest BCUT2D eigenvalue weighted by atomic mass is 9.87. The monoisotopic (exact) mass is 267 g/mol. The predicted molar refractivity (Wildman–Crippen MR) is 76.8 cm³/mol. The quantitative estimate of drug-likeness (QED) is 0.855. The fraction of sp³-hybridized carbons (Fsp3) is 0.294. The van der Waals surface area contributed by atoms with Crippen LogP contribution in [0, 0.1) is 5.92 Å². The van der Waals surface area contributed by atoms with Crippen LogP contribution in [0.2, 0.25) is 0 Å². The molecule has 0 aliphatic heterocycles. The molecule has 3 heteroatoms. The molecule has 0 saturated heterocycles. The molecule has 1 aromatic carbocycles. The summed E-state index contributed by atoms with van der Waals surface area (Å²) in [7, 11) is 0. The van der Waals surface area contributed by atoms with Gasteiger partial charge in [0, 0.05) is 12.0 Å². The van der Waals surface area contributed by atoms with Gasteiger partial charge in [-0.1, -0.05) is 37.3 Å². The molecule has 0 saturated carbocycles. The minimum atomic E-state index is 0.177. The molecule has 2 aromatic rings. The summed E-state index contributed by atoms with van der Waals surface area (Å²) in [5.41, 5.74) is 2.74. The van der Waals surface area contributed by atoms with Gasteiger partial charge in [-0.3, -0.25) is 9.78 Å². The second kappa shape index (κ2) is 5.45. The van der Waals surface area contributed by atoms with Crippen LogP contribution in [0.25, 0.3) is 0 Å². The van der Waals surface area contributed by atoms with Crippen molar-refractivity contribution in [1.82, 2.24) is 4.98 Å². The molecule has 1 unspecified atom stereocenters. The number of Topliss-reactive ketones (excluding diaryl/α,β-unsaturated/α-hetero) is 1. The van der Waals surface area contributed by atoms with Gasteiger partial charge in [-0.15, -0.1) is 0 Å². The molecule has 0 radical (unpaired) electrons. The molecule has 20 heavy (non-hydrogen) atoms. The lowest BCUT2D eigenvalue weighted by Crippen LogP contribution is -2.19. The van der Waals surface area contributed by atoms with Gasteiger partial charge in [0.1, 0.15) is 12.4 Å². The lowest BCUT2D eigenvalue weighted by Gasteiger charge is -2.19. The van der Waals surface area contributed by atoms with Gasteiger partial charge in [0.15, 0.2) is 5.78 Å². The van der Waals surface area contributed by atoms with Crippen LogP contribution >= 0.6 is 0 Å². The third-order valence-corrected chi connectivity index (χ3v) is 3.57. The summed E-state index contributed by atoms with van der Waals surface area (Å²) in [5, 5.41) is 0. The van der Waals surface area contributed by atoms with E-state index in [1.807, 2.05) is 36.4 Å². The van der Waals surface area contributed by atoms with Crippen molar-refractivity contribution in [1.29, 1.82) is 0 Å². The number of aromatic nitrogens is 1. The van der Waals surface area contributed by atoms with Crippen LogP contribution in [0.3, 0.4) is 0 Å². The maximum absolute atomic E-state index is 12.0. The van der Waals surface area contributed by atoms with Crippen molar-refractivity contribution in [2.24, 2.45) is 5.92 Å². The van der Waals surface area contributed by atoms with Gasteiger partial charge in [0.25, 0.3) is 0 Å². The number of hydrogen-bond donors (Lipinski definition) is 0. The first kappa shape index (κ1) is 12.9. The Bertz CT molecular complexity index is 622. The molecule has 0 fully saturated rings. The van der Waals surface area contributed by atoms with Gasteiger partial charge >= 0.3 is 0 Å². The zero-order chi connectivity index (χ0) is 13.9. The van der Waals surface area contributed by atoms with Crippen LogP contribution in [0.4, 0.5) is 0 Å². The molecule has 0 N–H and O–H groups in total. The highest BCUT2D eigenvalue weighted by Crippen LogP contribution is 2.26. The third kappa shape index (κ3) is 2.72. The van der Waals surface area contributed by atoms with E-state index in [-0.39, 0.29) is 5.78 Å². The van der Waals surface area contributed by atoms with Crippen molar-refractivity contribution in [2.75, 3.05) is 0 Å². The number of rotatable bonds is 3. The van der Waals surface area contributed by atoms with Crippen molar-refractivity contribution in [3.63, 3.8) is 0 Å². The zero-order valence-corrected chi connectivity index (χ0v) is 11.5. The van der Waals surface area contributed by atoms with Crippen LogP contribution in [-0.2, 0) is 13.0 Å². The summed E-state index contributed by atoms with van der Waals surface area (Å²) in [6, 6.07) is 11.8. The summed E-state index contributed by atoms with van der Waals surface area (Å²) in [5.74, 6) is 1.23. The van der Waals surface area contributed by atoms with E-state index in [4.69, 9.17) is 4.74 Å². The van der Waals surface area contributed by atoms with Gasteiger partial charge in [-0.25, -0.2) is 0 Å². The highest BCUT2D eigenvalue weighted by atomic mass is 16.5. The maximum Gasteiger partial charge on any atom is 0.165 e. The summed E-state index contributed by atoms with van der Waals surface area (Å²) in [4.78, 5) is 16.4. The van der Waals surface area contributed by atoms with E-state index in [1.165, 1.54) is 0 Å². The van der Waals surface area contributed by atoms with E-state index in [9.17, 15) is 4.79 Å². The highest BCUT2D eigenvalue weighted by Gasteiger charge is 2.23. The fourth-order valence-electron chi connectivity index (χ4n) is 2.53. The van der Waals surface area contributed by atoms with Crippen molar-refractivity contribution in [2.45, 2.75) is 26.4 Å². The first-order chi connectivity index (χ1) is 9.72. The van der Waals surface area contributed by atoms with E-state index in [0.29, 0.717) is 24.7 Å². The number of hydrogen-bond acceptors (Lipinski definition) is 3. The van der Waals surface area contributed by atoms with Crippen molar-refractivity contribution in [3.05, 3.63) is 59.4 Å². The van der Waals surface area contributed by atoms with E-state index in [1.54, 1.807) is 6.20 Å². The number of carbonyl (C=O) groups excluding carboxylic acids is 1. The molecule has 0 spiro atoms. The topological polar surface area (TPSA) is 39.2 Å². The smallest absolute Gasteiger partial charge is 0.165 e. The van der Waals surface area contributed by atoms with E-state index >= 15 is 0 Å². The Morgan fingerprint density at radius 3 is 2.85 bits per heavy atom. The van der Waals surface area contributed by atoms with E-state index < -0.39 is 0 Å². The SMILES string of the molecule is CC1CC(=O)c2cc(OCc3ccccc3)cnc2C1. The van der Waals surface area contributed by atoms with Crippen LogP contribution in [0.1, 0.15) is 35.0 Å². The standard InChI is InChI=1S/C17H17NO2/c1-12-7-16-15(17(19)8-12)9-14(10-18-16)20-11-13-5-3-2-4-6-13/h2-6,9-10,12H,7-8,11H2,1H3. The second-order valence-electron chi connectivity index (χ2n) is 5.38. The lowest BCUT2D eigenvalue weighted by molar-refractivity contribution is 0.0951. The van der Waals surface area contributed by atoms with Crippen LogP contribution in [0.5, 0.6) is 5.75 Å². The Kier molecular flexibility index (Phi) is 3.50. The summed E-state index contributed by atoms with van der Waals surface area (Å²) >= 11 is 0. The fourth-order valence-corrected chi connectivity index (χ4v) is 2.53. The molecule has 1 heterocycles. The average Bonchev–Trinajstić information content (AvgIpc) is 2.46. The third-order valence-electron chi connectivity index (χ3n) is 3.57. The van der Waals surface area contributed by atoms with Gasteiger partial charge in [0.05, 0.1) is 11.9 Å². The number of ether oxygens (including phenoxy) is 1. The maximum atomic E-state index is 12.0. The van der Waals surface area contributed by atoms with Crippen molar-refractivity contribution >= 4 is 5.78 Å². The first-order valence-electron chi connectivity index (χ1n) is 6.91. The number of benzene rings is 1. The molecule has 1 aliphatic rings. The Labute approximate surface area is 118 Å². The molecule has 3 rings (SSSR count). The van der Waals surface area contributed by atoms with Crippen LogP contribution in [0.15, 0.2) is 42.6 Å². The minimum Gasteiger partial charge on any atom is -0.487 e. The molecular formula is C17H17NO2. The molecule has 3 nitrogen and oxygen atoms in total. The number of nitrogens with zero attached hydrogens (tertiary/aromatic N) is 1. The van der Waals surface area contributed by atoms with Crippen molar-refractivity contribution < 1.29 is 9.53 Å². The van der Waals surface area contributed by atoms with Gasteiger partial charge in [-0.05, 0) is 24.0 Å². The van der Waals surface area contributed by atoms with Gasteiger partial charge < -0.3 is 4.74 Å². The Balaban J connectivity index is 1.76. The number of pyridine rings is 1. The molecule has 1 aliphatic carbocycles. The van der Waals surface area contributed by atoms with E-state index in [0.717, 1.165) is 23.2 Å². The molecule has 0 amide bonds. The van der Waals surface area contributed by atoms with Gasteiger partial charge in [0.2, 0.25) is 0 Å². The van der Waals surface area contributed by atoms with Crippen molar-refractivity contribution in [3.8, 4) is 5.75 Å². The molecule has 1 aromatic heterocycles. The summed E-state index contributed by atoms with van der Waals surface area (Å²) in [6.45, 7) is 2.58.